The summed E-state index contributed by atoms with van der Waals surface area (Å²) >= 11 is 1.48. The fourth-order valence-electron chi connectivity index (χ4n) is 2.17. The smallest absolute Gasteiger partial charge is 0.309 e. The second kappa shape index (κ2) is 5.01. The molecule has 5 heteroatoms. The van der Waals surface area contributed by atoms with Crippen molar-refractivity contribution < 1.29 is 14.6 Å². The highest BCUT2D eigenvalue weighted by atomic mass is 32.1. The second-order valence-corrected chi connectivity index (χ2v) is 5.35. The number of rotatable bonds is 3. The van der Waals surface area contributed by atoms with Gasteiger partial charge in [-0.05, 0) is 36.6 Å². The zero-order valence-corrected chi connectivity index (χ0v) is 11.1. The summed E-state index contributed by atoms with van der Waals surface area (Å²) in [7, 11) is 0. The van der Waals surface area contributed by atoms with E-state index in [1.807, 2.05) is 12.1 Å². The van der Waals surface area contributed by atoms with Gasteiger partial charge in [0.2, 0.25) is 0 Å². The first-order valence-electron chi connectivity index (χ1n) is 6.14. The Bertz CT molecular complexity index is 621. The van der Waals surface area contributed by atoms with Gasteiger partial charge in [0.25, 0.3) is 0 Å². The van der Waals surface area contributed by atoms with Crippen LogP contribution in [0.5, 0.6) is 5.75 Å². The number of hydrogen-bond donors (Lipinski definition) is 1. The lowest BCUT2D eigenvalue weighted by molar-refractivity contribution is -0.136. The minimum Gasteiger partial charge on any atom is -0.493 e. The van der Waals surface area contributed by atoms with Crippen LogP contribution in [0.4, 0.5) is 0 Å². The minimum absolute atomic E-state index is 0.0233. The van der Waals surface area contributed by atoms with Gasteiger partial charge in [-0.1, -0.05) is 0 Å². The molecule has 2 heterocycles. The van der Waals surface area contributed by atoms with E-state index in [1.165, 1.54) is 16.9 Å². The van der Waals surface area contributed by atoms with E-state index in [1.54, 1.807) is 5.38 Å². The average molecular weight is 275 g/mol. The van der Waals surface area contributed by atoms with Crippen LogP contribution in [0, 0.1) is 0 Å². The van der Waals surface area contributed by atoms with Crippen molar-refractivity contribution in [3.05, 3.63) is 34.8 Å². The lowest BCUT2D eigenvalue weighted by atomic mass is 10.0. The molecule has 19 heavy (non-hydrogen) atoms. The van der Waals surface area contributed by atoms with Crippen molar-refractivity contribution in [2.75, 3.05) is 6.61 Å². The van der Waals surface area contributed by atoms with Gasteiger partial charge in [0.15, 0.2) is 0 Å². The Balaban J connectivity index is 1.89. The number of benzene rings is 1. The molecule has 0 atom stereocenters. The summed E-state index contributed by atoms with van der Waals surface area (Å²) in [6.07, 6.45) is 2.04. The molecule has 0 bridgehead atoms. The molecule has 1 N–H and O–H groups in total. The Morgan fingerprint density at radius 3 is 3.21 bits per heavy atom. The van der Waals surface area contributed by atoms with Crippen LogP contribution in [0.1, 0.15) is 17.7 Å². The third kappa shape index (κ3) is 2.61. The van der Waals surface area contributed by atoms with Crippen LogP contribution in [-0.2, 0) is 17.6 Å². The minimum atomic E-state index is -0.851. The summed E-state index contributed by atoms with van der Waals surface area (Å²) < 4.78 is 5.58. The molecular weight excluding hydrogens is 262 g/mol. The largest absolute Gasteiger partial charge is 0.493 e. The maximum absolute atomic E-state index is 10.7. The van der Waals surface area contributed by atoms with Crippen molar-refractivity contribution in [2.45, 2.75) is 19.3 Å². The van der Waals surface area contributed by atoms with Crippen LogP contribution < -0.4 is 4.74 Å². The number of aryl methyl sites for hydroxylation is 1. The molecule has 1 aromatic carbocycles. The third-order valence-electron chi connectivity index (χ3n) is 3.04. The lowest BCUT2D eigenvalue weighted by Gasteiger charge is -2.17. The topological polar surface area (TPSA) is 59.4 Å². The highest BCUT2D eigenvalue weighted by Crippen LogP contribution is 2.31. The van der Waals surface area contributed by atoms with E-state index in [2.05, 4.69) is 11.1 Å². The van der Waals surface area contributed by atoms with Gasteiger partial charge in [0.05, 0.1) is 18.7 Å². The molecule has 0 saturated heterocycles. The summed E-state index contributed by atoms with van der Waals surface area (Å²) in [5.74, 6) is 0.105. The van der Waals surface area contributed by atoms with E-state index in [4.69, 9.17) is 9.84 Å². The van der Waals surface area contributed by atoms with E-state index in [9.17, 15) is 4.79 Å². The molecule has 98 valence electrons. The van der Waals surface area contributed by atoms with Crippen molar-refractivity contribution in [3.8, 4) is 16.3 Å². The first-order chi connectivity index (χ1) is 9.22. The Hall–Kier alpha value is -1.88. The molecule has 1 aliphatic rings. The molecule has 3 rings (SSSR count). The van der Waals surface area contributed by atoms with Gasteiger partial charge < -0.3 is 9.84 Å². The van der Waals surface area contributed by atoms with Crippen molar-refractivity contribution in [1.82, 2.24) is 4.98 Å². The molecule has 1 aliphatic heterocycles. The van der Waals surface area contributed by atoms with Crippen LogP contribution in [-0.4, -0.2) is 22.7 Å². The maximum atomic E-state index is 10.7. The number of ether oxygens (including phenoxy) is 1. The van der Waals surface area contributed by atoms with Crippen LogP contribution in [0.2, 0.25) is 0 Å². The number of fused-ring (bicyclic) bond motifs is 1. The summed E-state index contributed by atoms with van der Waals surface area (Å²) in [6.45, 7) is 0.784. The van der Waals surface area contributed by atoms with E-state index in [-0.39, 0.29) is 6.42 Å². The van der Waals surface area contributed by atoms with E-state index >= 15 is 0 Å². The molecule has 0 aliphatic carbocycles. The SMILES string of the molecule is O=C(O)Cc1csc(-c2ccc3c(c2)CCCO3)n1. The first-order valence-corrected chi connectivity index (χ1v) is 7.02. The molecule has 4 nitrogen and oxygen atoms in total. The highest BCUT2D eigenvalue weighted by Gasteiger charge is 2.13. The summed E-state index contributed by atoms with van der Waals surface area (Å²) in [4.78, 5) is 15.0. The maximum Gasteiger partial charge on any atom is 0.309 e. The number of aliphatic carboxylic acids is 1. The van der Waals surface area contributed by atoms with E-state index in [0.29, 0.717) is 5.69 Å². The Kier molecular flexibility index (Phi) is 3.21. The zero-order valence-electron chi connectivity index (χ0n) is 10.3. The van der Waals surface area contributed by atoms with Gasteiger partial charge >= 0.3 is 5.97 Å². The molecule has 0 spiro atoms. The second-order valence-electron chi connectivity index (χ2n) is 4.49. The van der Waals surface area contributed by atoms with Crippen molar-refractivity contribution >= 4 is 17.3 Å². The van der Waals surface area contributed by atoms with Crippen LogP contribution in [0.15, 0.2) is 23.6 Å². The number of thiazole rings is 1. The highest BCUT2D eigenvalue weighted by molar-refractivity contribution is 7.13. The molecule has 0 fully saturated rings. The fourth-order valence-corrected chi connectivity index (χ4v) is 2.99. The predicted octanol–water partition coefficient (Wildman–Crippen LogP) is 2.76. The molecule has 1 aromatic heterocycles. The van der Waals surface area contributed by atoms with Crippen molar-refractivity contribution in [3.63, 3.8) is 0 Å². The Labute approximate surface area is 114 Å². The predicted molar refractivity (Wildman–Crippen MR) is 72.7 cm³/mol. The first kappa shape index (κ1) is 12.2. The molecule has 0 saturated carbocycles. The molecule has 0 unspecified atom stereocenters. The third-order valence-corrected chi connectivity index (χ3v) is 3.98. The van der Waals surface area contributed by atoms with Gasteiger partial charge in [-0.2, -0.15) is 0 Å². The molecule has 0 amide bonds. The van der Waals surface area contributed by atoms with Gasteiger partial charge in [-0.25, -0.2) is 4.98 Å². The Morgan fingerprint density at radius 2 is 2.37 bits per heavy atom. The molecule has 2 aromatic rings. The van der Waals surface area contributed by atoms with E-state index in [0.717, 1.165) is 35.8 Å². The normalized spacial score (nSPS) is 13.7. The summed E-state index contributed by atoms with van der Waals surface area (Å²) in [5, 5.41) is 11.4. The standard InChI is InChI=1S/C14H13NO3S/c16-13(17)7-11-8-19-14(15-11)10-3-4-12-9(6-10)2-1-5-18-12/h3-4,6,8H,1-2,5,7H2,(H,16,17). The zero-order chi connectivity index (χ0) is 13.2. The monoisotopic (exact) mass is 275 g/mol. The van der Waals surface area contributed by atoms with Crippen LogP contribution in [0.3, 0.4) is 0 Å². The van der Waals surface area contributed by atoms with Gasteiger partial charge in [-0.15, -0.1) is 11.3 Å². The van der Waals surface area contributed by atoms with Gasteiger partial charge in [0.1, 0.15) is 10.8 Å². The van der Waals surface area contributed by atoms with Crippen LogP contribution in [0.25, 0.3) is 10.6 Å². The summed E-state index contributed by atoms with van der Waals surface area (Å²) in [5.41, 5.74) is 2.85. The lowest BCUT2D eigenvalue weighted by Crippen LogP contribution is -2.08. The number of carboxylic acids is 1. The average Bonchev–Trinajstić information content (AvgIpc) is 2.86. The number of carboxylic acid groups (broad SMARTS) is 1. The molecular formula is C14H13NO3S. The number of aromatic nitrogens is 1. The van der Waals surface area contributed by atoms with Crippen molar-refractivity contribution in [2.24, 2.45) is 0 Å². The number of nitrogens with zero attached hydrogens (tertiary/aromatic N) is 1. The Morgan fingerprint density at radius 1 is 1.47 bits per heavy atom. The fraction of sp³-hybridized carbons (Fsp3) is 0.286. The van der Waals surface area contributed by atoms with Crippen molar-refractivity contribution in [1.29, 1.82) is 0 Å². The van der Waals surface area contributed by atoms with Gasteiger partial charge in [0, 0.05) is 10.9 Å². The van der Waals surface area contributed by atoms with E-state index < -0.39 is 5.97 Å². The van der Waals surface area contributed by atoms with Crippen LogP contribution >= 0.6 is 11.3 Å². The summed E-state index contributed by atoms with van der Waals surface area (Å²) in [6, 6.07) is 6.05. The number of carbonyl (C=O) groups is 1. The quantitative estimate of drug-likeness (QED) is 0.935. The number of hydrogen-bond acceptors (Lipinski definition) is 4. The van der Waals surface area contributed by atoms with Gasteiger partial charge in [-0.3, -0.25) is 4.79 Å². The molecule has 0 radical (unpaired) electrons.